The number of aromatic nitrogens is 1. The Labute approximate surface area is 70.4 Å². The molecule has 2 rings (SSSR count). The highest BCUT2D eigenvalue weighted by Gasteiger charge is 2.15. The van der Waals surface area contributed by atoms with Gasteiger partial charge in [-0.05, 0) is 6.07 Å². The van der Waals surface area contributed by atoms with Gasteiger partial charge in [0.15, 0.2) is 0 Å². The molecule has 2 heterocycles. The average molecular weight is 165 g/mol. The predicted molar refractivity (Wildman–Crippen MR) is 44.7 cm³/mol. The fourth-order valence-corrected chi connectivity index (χ4v) is 1.54. The van der Waals surface area contributed by atoms with Gasteiger partial charge >= 0.3 is 0 Å². The van der Waals surface area contributed by atoms with Crippen LogP contribution in [-0.2, 0) is 13.1 Å². The van der Waals surface area contributed by atoms with E-state index in [4.69, 9.17) is 5.73 Å². The molecule has 0 saturated carbocycles. The molecule has 1 aromatic rings. The van der Waals surface area contributed by atoms with Gasteiger partial charge in [-0.3, -0.25) is 4.79 Å². The van der Waals surface area contributed by atoms with Crippen LogP contribution >= 0.6 is 0 Å². The minimum atomic E-state index is -0.340. The number of nitrogens with one attached hydrogen (secondary N) is 1. The average Bonchev–Trinajstić information content (AvgIpc) is 2.47. The zero-order valence-corrected chi connectivity index (χ0v) is 6.71. The second-order valence-corrected chi connectivity index (χ2v) is 2.91. The minimum Gasteiger partial charge on any atom is -0.366 e. The molecule has 3 N–H and O–H groups in total. The van der Waals surface area contributed by atoms with Crippen LogP contribution in [0.4, 0.5) is 0 Å². The Bertz CT molecular complexity index is 316. The Hall–Kier alpha value is -1.29. The molecule has 4 heteroatoms. The molecule has 0 aliphatic carbocycles. The van der Waals surface area contributed by atoms with E-state index in [1.165, 1.54) is 0 Å². The molecule has 1 amide bonds. The van der Waals surface area contributed by atoms with E-state index in [2.05, 4.69) is 9.88 Å². The molecule has 0 radical (unpaired) electrons. The van der Waals surface area contributed by atoms with Crippen LogP contribution in [0.25, 0.3) is 0 Å². The fourth-order valence-electron chi connectivity index (χ4n) is 1.54. The summed E-state index contributed by atoms with van der Waals surface area (Å²) in [6.07, 6.45) is 1.91. The SMILES string of the molecule is NC(=O)c1ccn2c1CNCC2. The first-order chi connectivity index (χ1) is 5.79. The molecule has 0 atom stereocenters. The van der Waals surface area contributed by atoms with Crippen molar-refractivity contribution in [3.05, 3.63) is 23.5 Å². The van der Waals surface area contributed by atoms with Crippen molar-refractivity contribution in [3.63, 3.8) is 0 Å². The molecule has 4 nitrogen and oxygen atoms in total. The Kier molecular flexibility index (Phi) is 1.62. The third-order valence-electron chi connectivity index (χ3n) is 2.17. The molecule has 0 fully saturated rings. The first kappa shape index (κ1) is 7.36. The number of carbonyl (C=O) groups excluding carboxylic acids is 1. The smallest absolute Gasteiger partial charge is 0.250 e. The summed E-state index contributed by atoms with van der Waals surface area (Å²) in [5.41, 5.74) is 6.85. The highest BCUT2D eigenvalue weighted by atomic mass is 16.1. The van der Waals surface area contributed by atoms with Crippen LogP contribution in [0.5, 0.6) is 0 Å². The van der Waals surface area contributed by atoms with E-state index in [1.54, 1.807) is 6.07 Å². The summed E-state index contributed by atoms with van der Waals surface area (Å²) in [4.78, 5) is 10.9. The van der Waals surface area contributed by atoms with E-state index in [0.717, 1.165) is 25.3 Å². The van der Waals surface area contributed by atoms with Gasteiger partial charge in [-0.1, -0.05) is 0 Å². The molecule has 1 aliphatic rings. The summed E-state index contributed by atoms with van der Waals surface area (Å²) in [6.45, 7) is 2.62. The van der Waals surface area contributed by atoms with Crippen LogP contribution < -0.4 is 11.1 Å². The molecule has 0 bridgehead atoms. The highest BCUT2D eigenvalue weighted by Crippen LogP contribution is 2.12. The van der Waals surface area contributed by atoms with Crippen molar-refractivity contribution in [1.29, 1.82) is 0 Å². The Morgan fingerprint density at radius 1 is 1.67 bits per heavy atom. The van der Waals surface area contributed by atoms with E-state index >= 15 is 0 Å². The van der Waals surface area contributed by atoms with Crippen molar-refractivity contribution in [1.82, 2.24) is 9.88 Å². The summed E-state index contributed by atoms with van der Waals surface area (Å²) < 4.78 is 2.07. The lowest BCUT2D eigenvalue weighted by Gasteiger charge is -2.16. The first-order valence-electron chi connectivity index (χ1n) is 3.97. The third-order valence-corrected chi connectivity index (χ3v) is 2.17. The zero-order valence-electron chi connectivity index (χ0n) is 6.71. The summed E-state index contributed by atoms with van der Waals surface area (Å²) in [5, 5.41) is 3.19. The third kappa shape index (κ3) is 1.00. The van der Waals surface area contributed by atoms with Crippen molar-refractivity contribution in [2.45, 2.75) is 13.1 Å². The van der Waals surface area contributed by atoms with E-state index in [1.807, 2.05) is 6.20 Å². The van der Waals surface area contributed by atoms with Gasteiger partial charge in [0.25, 0.3) is 5.91 Å². The van der Waals surface area contributed by atoms with Gasteiger partial charge in [0.1, 0.15) is 0 Å². The molecule has 0 aromatic carbocycles. The molecular formula is C8H11N3O. The predicted octanol–water partition coefficient (Wildman–Crippen LogP) is -0.310. The van der Waals surface area contributed by atoms with E-state index in [-0.39, 0.29) is 5.91 Å². The lowest BCUT2D eigenvalue weighted by Crippen LogP contribution is -2.29. The number of hydrogen-bond acceptors (Lipinski definition) is 2. The van der Waals surface area contributed by atoms with Crippen LogP contribution in [0.2, 0.25) is 0 Å². The van der Waals surface area contributed by atoms with Gasteiger partial charge in [0.05, 0.1) is 5.56 Å². The van der Waals surface area contributed by atoms with E-state index in [0.29, 0.717) is 5.56 Å². The quantitative estimate of drug-likeness (QED) is 0.599. The van der Waals surface area contributed by atoms with Crippen molar-refractivity contribution >= 4 is 5.91 Å². The van der Waals surface area contributed by atoms with Crippen LogP contribution in [0.15, 0.2) is 12.3 Å². The summed E-state index contributed by atoms with van der Waals surface area (Å²) >= 11 is 0. The maximum atomic E-state index is 10.9. The molecule has 0 spiro atoms. The number of rotatable bonds is 1. The molecule has 0 unspecified atom stereocenters. The van der Waals surface area contributed by atoms with E-state index < -0.39 is 0 Å². The minimum absolute atomic E-state index is 0.340. The normalized spacial score (nSPS) is 15.7. The number of primary amides is 1. The number of carbonyl (C=O) groups is 1. The second-order valence-electron chi connectivity index (χ2n) is 2.91. The molecule has 64 valence electrons. The van der Waals surface area contributed by atoms with Crippen molar-refractivity contribution in [2.75, 3.05) is 6.54 Å². The molecule has 1 aliphatic heterocycles. The van der Waals surface area contributed by atoms with Gasteiger partial charge in [0, 0.05) is 31.5 Å². The number of hydrogen-bond donors (Lipinski definition) is 2. The Morgan fingerprint density at radius 2 is 2.50 bits per heavy atom. The lowest BCUT2D eigenvalue weighted by molar-refractivity contribution is 0.0999. The van der Waals surface area contributed by atoms with Crippen LogP contribution in [0, 0.1) is 0 Å². The summed E-state index contributed by atoms with van der Waals surface area (Å²) in [7, 11) is 0. The number of fused-ring (bicyclic) bond motifs is 1. The fraction of sp³-hybridized carbons (Fsp3) is 0.375. The Balaban J connectivity index is 2.44. The van der Waals surface area contributed by atoms with Crippen LogP contribution in [0.1, 0.15) is 16.1 Å². The number of amides is 1. The molecule has 1 aromatic heterocycles. The maximum absolute atomic E-state index is 10.9. The zero-order chi connectivity index (χ0) is 8.55. The largest absolute Gasteiger partial charge is 0.366 e. The highest BCUT2D eigenvalue weighted by molar-refractivity contribution is 5.94. The monoisotopic (exact) mass is 165 g/mol. The molecule has 12 heavy (non-hydrogen) atoms. The van der Waals surface area contributed by atoms with Crippen molar-refractivity contribution in [3.8, 4) is 0 Å². The first-order valence-corrected chi connectivity index (χ1v) is 3.97. The van der Waals surface area contributed by atoms with Gasteiger partial charge in [-0.15, -0.1) is 0 Å². The van der Waals surface area contributed by atoms with Gasteiger partial charge in [-0.2, -0.15) is 0 Å². The summed E-state index contributed by atoms with van der Waals surface area (Å²) in [6, 6.07) is 1.78. The number of nitrogens with zero attached hydrogens (tertiary/aromatic N) is 1. The van der Waals surface area contributed by atoms with Crippen LogP contribution in [0.3, 0.4) is 0 Å². The maximum Gasteiger partial charge on any atom is 0.250 e. The summed E-state index contributed by atoms with van der Waals surface area (Å²) in [5.74, 6) is -0.340. The topological polar surface area (TPSA) is 60.1 Å². The van der Waals surface area contributed by atoms with Crippen molar-refractivity contribution in [2.24, 2.45) is 5.73 Å². The molecular weight excluding hydrogens is 154 g/mol. The van der Waals surface area contributed by atoms with Crippen LogP contribution in [-0.4, -0.2) is 17.0 Å². The van der Waals surface area contributed by atoms with E-state index in [9.17, 15) is 4.79 Å². The van der Waals surface area contributed by atoms with Crippen molar-refractivity contribution < 1.29 is 4.79 Å². The second kappa shape index (κ2) is 2.64. The van der Waals surface area contributed by atoms with Gasteiger partial charge in [0.2, 0.25) is 0 Å². The Morgan fingerprint density at radius 3 is 3.25 bits per heavy atom. The lowest BCUT2D eigenvalue weighted by atomic mass is 10.2. The standard InChI is InChI=1S/C8H11N3O/c9-8(12)6-1-3-11-4-2-10-5-7(6)11/h1,3,10H,2,4-5H2,(H2,9,12). The van der Waals surface area contributed by atoms with Gasteiger partial charge in [-0.25, -0.2) is 0 Å². The van der Waals surface area contributed by atoms with Gasteiger partial charge < -0.3 is 15.6 Å². The molecule has 0 saturated heterocycles. The number of nitrogens with two attached hydrogens (primary N) is 1.